The molecule has 1 rings (SSSR count). The molecule has 0 fully saturated rings. The summed E-state index contributed by atoms with van der Waals surface area (Å²) in [5, 5.41) is 11.1. The highest BCUT2D eigenvalue weighted by Gasteiger charge is 2.16. The van der Waals surface area contributed by atoms with Gasteiger partial charge in [-0.25, -0.2) is 0 Å². The lowest BCUT2D eigenvalue weighted by molar-refractivity contribution is 0.257. The van der Waals surface area contributed by atoms with E-state index in [4.69, 9.17) is 29.2 Å². The minimum Gasteiger partial charge on any atom is -0.507 e. The zero-order valence-electron chi connectivity index (χ0n) is 15.8. The average molecular weight is 401 g/mol. The maximum atomic E-state index is 10.7. The van der Waals surface area contributed by atoms with Gasteiger partial charge in [-0.05, 0) is 47.8 Å². The van der Waals surface area contributed by atoms with Gasteiger partial charge in [0.05, 0.1) is 0 Å². The van der Waals surface area contributed by atoms with Crippen molar-refractivity contribution < 1.29 is 9.84 Å². The van der Waals surface area contributed by atoms with Gasteiger partial charge in [0.15, 0.2) is 0 Å². The molecule has 1 aromatic rings. The molecular weight excluding hydrogens is 372 g/mol. The largest absolute Gasteiger partial charge is 0.507 e. The van der Waals surface area contributed by atoms with E-state index in [2.05, 4.69) is 13.8 Å². The van der Waals surface area contributed by atoms with Crippen molar-refractivity contribution in [3.8, 4) is 5.75 Å². The van der Waals surface area contributed by atoms with Crippen LogP contribution in [0.3, 0.4) is 0 Å². The molecule has 1 N–H and O–H groups in total. The quantitative estimate of drug-likeness (QED) is 0.711. The van der Waals surface area contributed by atoms with E-state index in [9.17, 15) is 5.11 Å². The lowest BCUT2D eigenvalue weighted by Crippen LogP contribution is -2.22. The lowest BCUT2D eigenvalue weighted by Gasteiger charge is -2.19. The molecule has 0 saturated carbocycles. The number of rotatable bonds is 6. The van der Waals surface area contributed by atoms with Crippen molar-refractivity contribution in [1.82, 2.24) is 9.80 Å². The molecule has 7 heteroatoms. The first-order chi connectivity index (χ1) is 11.7. The van der Waals surface area contributed by atoms with Crippen molar-refractivity contribution in [2.75, 3.05) is 28.2 Å². The maximum absolute atomic E-state index is 10.7. The van der Waals surface area contributed by atoms with Crippen LogP contribution in [0.15, 0.2) is 12.1 Å². The number of phenolic OH excluding ortho intramolecular Hbond substituents is 1. The third-order valence-electron chi connectivity index (χ3n) is 3.87. The molecule has 0 aromatic heterocycles. The molecule has 0 amide bonds. The van der Waals surface area contributed by atoms with E-state index in [-0.39, 0.29) is 5.92 Å². The fourth-order valence-corrected chi connectivity index (χ4v) is 3.11. The normalized spacial score (nSPS) is 11.8. The summed E-state index contributed by atoms with van der Waals surface area (Å²) in [4.78, 5) is 3.66. The van der Waals surface area contributed by atoms with E-state index in [1.807, 2.05) is 45.2 Å². The Morgan fingerprint density at radius 2 is 1.84 bits per heavy atom. The smallest absolute Gasteiger partial charge is 0.259 e. The minimum absolute atomic E-state index is 0.269. The monoisotopic (exact) mass is 400 g/mol. The van der Waals surface area contributed by atoms with Crippen LogP contribution in [-0.4, -0.2) is 52.6 Å². The van der Waals surface area contributed by atoms with Crippen molar-refractivity contribution in [3.05, 3.63) is 28.8 Å². The van der Waals surface area contributed by atoms with Crippen LogP contribution < -0.4 is 0 Å². The third-order valence-corrected chi connectivity index (χ3v) is 6.13. The summed E-state index contributed by atoms with van der Waals surface area (Å²) in [6, 6.07) is 3.99. The Balaban J connectivity index is 3.06. The van der Waals surface area contributed by atoms with Gasteiger partial charge in [0.2, 0.25) is 0 Å². The lowest BCUT2D eigenvalue weighted by atomic mass is 9.93. The van der Waals surface area contributed by atoms with Gasteiger partial charge in [-0.15, -0.1) is 0 Å². The van der Waals surface area contributed by atoms with Crippen LogP contribution >= 0.6 is 36.2 Å². The number of phenols is 1. The van der Waals surface area contributed by atoms with E-state index in [1.165, 1.54) is 0 Å². The first-order valence-electron chi connectivity index (χ1n) is 8.20. The Labute approximate surface area is 166 Å². The second-order valence-electron chi connectivity index (χ2n) is 6.40. The average Bonchev–Trinajstić information content (AvgIpc) is 2.57. The first kappa shape index (κ1) is 22.0. The molecule has 0 spiro atoms. The highest BCUT2D eigenvalue weighted by molar-refractivity contribution is 8.22. The summed E-state index contributed by atoms with van der Waals surface area (Å²) in [7, 11) is 7.56. The first-order valence-corrected chi connectivity index (χ1v) is 10.00. The standard InChI is InChI=1S/C18H28N2O2S3/c1-7-12(2)15-9-13(10-22-17(23)19(3)4)8-14(16(15)21)11-25-18(24)20(5)6/h8-9,12,21H,7,10-11H2,1-6H3. The van der Waals surface area contributed by atoms with Crippen LogP contribution in [0.5, 0.6) is 5.75 Å². The molecule has 0 radical (unpaired) electrons. The van der Waals surface area contributed by atoms with Gasteiger partial charge in [-0.2, -0.15) is 0 Å². The van der Waals surface area contributed by atoms with Gasteiger partial charge in [0.25, 0.3) is 5.17 Å². The summed E-state index contributed by atoms with van der Waals surface area (Å²) >= 11 is 12.1. The van der Waals surface area contributed by atoms with E-state index >= 15 is 0 Å². The number of benzene rings is 1. The van der Waals surface area contributed by atoms with Gasteiger partial charge in [-0.3, -0.25) is 0 Å². The Hall–Kier alpha value is -1.05. The Morgan fingerprint density at radius 1 is 1.20 bits per heavy atom. The van der Waals surface area contributed by atoms with Gasteiger partial charge in [-0.1, -0.05) is 37.8 Å². The zero-order valence-corrected chi connectivity index (χ0v) is 18.3. The van der Waals surface area contributed by atoms with Crippen LogP contribution in [0.4, 0.5) is 0 Å². The van der Waals surface area contributed by atoms with Gasteiger partial charge < -0.3 is 19.6 Å². The summed E-state index contributed by atoms with van der Waals surface area (Å²) in [5.74, 6) is 1.26. The fraction of sp³-hybridized carbons (Fsp3) is 0.556. The van der Waals surface area contributed by atoms with E-state index in [0.717, 1.165) is 27.4 Å². The van der Waals surface area contributed by atoms with Crippen LogP contribution in [0, 0.1) is 0 Å². The molecule has 4 nitrogen and oxygen atoms in total. The van der Waals surface area contributed by atoms with Crippen molar-refractivity contribution in [1.29, 1.82) is 0 Å². The number of ether oxygens (including phenoxy) is 1. The van der Waals surface area contributed by atoms with Crippen molar-refractivity contribution >= 4 is 45.7 Å². The van der Waals surface area contributed by atoms with Crippen molar-refractivity contribution in [2.24, 2.45) is 0 Å². The van der Waals surface area contributed by atoms with Crippen LogP contribution in [0.2, 0.25) is 0 Å². The van der Waals surface area contributed by atoms with Crippen LogP contribution in [-0.2, 0) is 17.1 Å². The number of hydrogen-bond donors (Lipinski definition) is 1. The molecule has 0 saturated heterocycles. The zero-order chi connectivity index (χ0) is 19.1. The fourth-order valence-electron chi connectivity index (χ4n) is 2.12. The Bertz CT molecular complexity index is 619. The van der Waals surface area contributed by atoms with Crippen LogP contribution in [0.1, 0.15) is 42.9 Å². The number of nitrogens with zero attached hydrogens (tertiary/aromatic N) is 2. The van der Waals surface area contributed by atoms with Gasteiger partial charge >= 0.3 is 0 Å². The summed E-state index contributed by atoms with van der Waals surface area (Å²) < 4.78 is 6.44. The van der Waals surface area contributed by atoms with Crippen LogP contribution in [0.25, 0.3) is 0 Å². The second-order valence-corrected chi connectivity index (χ2v) is 8.36. The number of thiocarbonyl (C=S) groups is 2. The molecule has 0 aliphatic carbocycles. The maximum Gasteiger partial charge on any atom is 0.259 e. The van der Waals surface area contributed by atoms with E-state index < -0.39 is 0 Å². The second kappa shape index (κ2) is 10.2. The number of aromatic hydroxyl groups is 1. The third kappa shape index (κ3) is 6.64. The Kier molecular flexibility index (Phi) is 8.96. The molecule has 1 atom stereocenters. The summed E-state index contributed by atoms with van der Waals surface area (Å²) in [6.45, 7) is 4.62. The molecule has 0 aliphatic heterocycles. The van der Waals surface area contributed by atoms with E-state index in [0.29, 0.717) is 23.3 Å². The van der Waals surface area contributed by atoms with Gasteiger partial charge in [0.1, 0.15) is 16.7 Å². The molecule has 0 heterocycles. The molecule has 0 bridgehead atoms. The number of hydrogen-bond acceptors (Lipinski definition) is 5. The van der Waals surface area contributed by atoms with Crippen molar-refractivity contribution in [2.45, 2.75) is 38.5 Å². The molecule has 1 unspecified atom stereocenters. The highest BCUT2D eigenvalue weighted by Crippen LogP contribution is 2.35. The minimum atomic E-state index is 0.269. The summed E-state index contributed by atoms with van der Waals surface area (Å²) in [6.07, 6.45) is 0.955. The predicted octanol–water partition coefficient (Wildman–Crippen LogP) is 4.35. The molecular formula is C18H28N2O2S3. The van der Waals surface area contributed by atoms with Crippen molar-refractivity contribution in [3.63, 3.8) is 0 Å². The SMILES string of the molecule is CCC(C)c1cc(COC(=S)N(C)C)cc(CSC(=S)N(C)C)c1O. The highest BCUT2D eigenvalue weighted by atomic mass is 32.2. The molecule has 25 heavy (non-hydrogen) atoms. The topological polar surface area (TPSA) is 35.9 Å². The predicted molar refractivity (Wildman–Crippen MR) is 115 cm³/mol. The molecule has 140 valence electrons. The summed E-state index contributed by atoms with van der Waals surface area (Å²) in [5.41, 5.74) is 2.83. The van der Waals surface area contributed by atoms with E-state index in [1.54, 1.807) is 16.7 Å². The Morgan fingerprint density at radius 3 is 2.36 bits per heavy atom. The number of thioether (sulfide) groups is 1. The molecule has 1 aromatic carbocycles. The molecule has 0 aliphatic rings. The van der Waals surface area contributed by atoms with Gasteiger partial charge in [0, 0.05) is 39.5 Å².